The van der Waals surface area contributed by atoms with Gasteiger partial charge in [-0.2, -0.15) is 0 Å². The van der Waals surface area contributed by atoms with Gasteiger partial charge in [0.15, 0.2) is 11.6 Å². The molecule has 3 N–H and O–H groups in total. The van der Waals surface area contributed by atoms with Gasteiger partial charge >= 0.3 is 0 Å². The first-order chi connectivity index (χ1) is 5.84. The van der Waals surface area contributed by atoms with Crippen molar-refractivity contribution < 1.29 is 13.9 Å². The number of phenols is 1. The molecule has 0 saturated heterocycles. The number of hydrogen-bond acceptors (Lipinski definition) is 2. The Hall–Kier alpha value is -1.16. The molecule has 1 aromatic rings. The Balaban J connectivity index is 3.43. The summed E-state index contributed by atoms with van der Waals surface area (Å²) in [6.07, 6.45) is 0. The second-order valence-electron chi connectivity index (χ2n) is 3.48. The van der Waals surface area contributed by atoms with Crippen molar-refractivity contribution in [2.24, 2.45) is 5.73 Å². The lowest BCUT2D eigenvalue weighted by molar-refractivity contribution is 0.399. The molecule has 0 fully saturated rings. The standard InChI is InChI=1S/C9H11F2NO/c1-9(2,12)7-5(10)3-4-6(13)8(7)11/h3-4,13H,12H2,1-2H3. The SMILES string of the molecule is CC(C)(N)c1c(F)ccc(O)c1F. The summed E-state index contributed by atoms with van der Waals surface area (Å²) in [5.74, 6) is -2.33. The molecule has 0 aromatic heterocycles. The van der Waals surface area contributed by atoms with Crippen molar-refractivity contribution in [3.05, 3.63) is 29.3 Å². The second-order valence-corrected chi connectivity index (χ2v) is 3.48. The van der Waals surface area contributed by atoms with E-state index in [0.29, 0.717) is 0 Å². The van der Waals surface area contributed by atoms with Crippen LogP contribution in [0.15, 0.2) is 12.1 Å². The molecule has 13 heavy (non-hydrogen) atoms. The van der Waals surface area contributed by atoms with Crippen LogP contribution in [0, 0.1) is 11.6 Å². The first kappa shape index (κ1) is 9.92. The van der Waals surface area contributed by atoms with Crippen molar-refractivity contribution in [1.29, 1.82) is 0 Å². The van der Waals surface area contributed by atoms with Gasteiger partial charge in [-0.25, -0.2) is 8.78 Å². The molecular weight excluding hydrogens is 176 g/mol. The molecule has 0 aliphatic heterocycles. The zero-order valence-electron chi connectivity index (χ0n) is 7.44. The maximum absolute atomic E-state index is 13.2. The Kier molecular flexibility index (Phi) is 2.26. The maximum atomic E-state index is 13.2. The van der Waals surface area contributed by atoms with Gasteiger partial charge in [0.2, 0.25) is 0 Å². The van der Waals surface area contributed by atoms with E-state index < -0.39 is 22.9 Å². The van der Waals surface area contributed by atoms with Crippen molar-refractivity contribution in [2.75, 3.05) is 0 Å². The van der Waals surface area contributed by atoms with Crippen molar-refractivity contribution in [3.8, 4) is 5.75 Å². The highest BCUT2D eigenvalue weighted by Gasteiger charge is 2.25. The van der Waals surface area contributed by atoms with E-state index in [9.17, 15) is 8.78 Å². The minimum absolute atomic E-state index is 0.299. The fraction of sp³-hybridized carbons (Fsp3) is 0.333. The number of rotatable bonds is 1. The molecule has 0 aliphatic carbocycles. The Labute approximate surface area is 75.0 Å². The number of halogens is 2. The fourth-order valence-corrected chi connectivity index (χ4v) is 1.13. The van der Waals surface area contributed by atoms with Crippen LogP contribution in [0.25, 0.3) is 0 Å². The minimum Gasteiger partial charge on any atom is -0.505 e. The van der Waals surface area contributed by atoms with Crippen LogP contribution in [-0.4, -0.2) is 5.11 Å². The summed E-state index contributed by atoms with van der Waals surface area (Å²) in [4.78, 5) is 0. The van der Waals surface area contributed by atoms with Crippen molar-refractivity contribution in [3.63, 3.8) is 0 Å². The summed E-state index contributed by atoms with van der Waals surface area (Å²) in [7, 11) is 0. The molecule has 1 aromatic carbocycles. The summed E-state index contributed by atoms with van der Waals surface area (Å²) in [6.45, 7) is 2.93. The largest absolute Gasteiger partial charge is 0.505 e. The molecule has 0 saturated carbocycles. The van der Waals surface area contributed by atoms with E-state index >= 15 is 0 Å². The van der Waals surface area contributed by atoms with Gasteiger partial charge in [0.1, 0.15) is 5.82 Å². The number of benzene rings is 1. The summed E-state index contributed by atoms with van der Waals surface area (Å²) in [5, 5.41) is 8.99. The molecule has 0 amide bonds. The predicted octanol–water partition coefficient (Wildman–Crippen LogP) is 1.86. The van der Waals surface area contributed by atoms with Gasteiger partial charge in [0.05, 0.1) is 0 Å². The lowest BCUT2D eigenvalue weighted by Gasteiger charge is -2.20. The molecule has 0 heterocycles. The predicted molar refractivity (Wildman–Crippen MR) is 45.2 cm³/mol. The van der Waals surface area contributed by atoms with Gasteiger partial charge in [-0.3, -0.25) is 0 Å². The van der Waals surface area contributed by atoms with Gasteiger partial charge < -0.3 is 10.8 Å². The van der Waals surface area contributed by atoms with Crippen molar-refractivity contribution in [1.82, 2.24) is 0 Å². The molecule has 0 unspecified atom stereocenters. The molecule has 1 rings (SSSR count). The van der Waals surface area contributed by atoms with Gasteiger partial charge in [-0.15, -0.1) is 0 Å². The van der Waals surface area contributed by atoms with Gasteiger partial charge in [0.25, 0.3) is 0 Å². The third-order valence-electron chi connectivity index (χ3n) is 1.72. The van der Waals surface area contributed by atoms with Crippen LogP contribution >= 0.6 is 0 Å². The van der Waals surface area contributed by atoms with Crippen molar-refractivity contribution in [2.45, 2.75) is 19.4 Å². The first-order valence-corrected chi connectivity index (χ1v) is 3.80. The Morgan fingerprint density at radius 2 is 1.85 bits per heavy atom. The average Bonchev–Trinajstić information content (AvgIpc) is 1.95. The van der Waals surface area contributed by atoms with E-state index in [2.05, 4.69) is 0 Å². The third kappa shape index (κ3) is 1.78. The van der Waals surface area contributed by atoms with Crippen LogP contribution in [0.2, 0.25) is 0 Å². The normalized spacial score (nSPS) is 11.8. The van der Waals surface area contributed by atoms with Crippen LogP contribution in [0.3, 0.4) is 0 Å². The van der Waals surface area contributed by atoms with E-state index in [1.165, 1.54) is 13.8 Å². The molecule has 2 nitrogen and oxygen atoms in total. The summed E-state index contributed by atoms with van der Waals surface area (Å²) < 4.78 is 26.3. The summed E-state index contributed by atoms with van der Waals surface area (Å²) in [6, 6.07) is 1.95. The number of nitrogens with two attached hydrogens (primary N) is 1. The first-order valence-electron chi connectivity index (χ1n) is 3.80. The van der Waals surface area contributed by atoms with Crippen LogP contribution < -0.4 is 5.73 Å². The van der Waals surface area contributed by atoms with E-state index in [0.717, 1.165) is 12.1 Å². The quantitative estimate of drug-likeness (QED) is 0.704. The minimum atomic E-state index is -1.15. The molecule has 4 heteroatoms. The molecule has 0 bridgehead atoms. The molecule has 0 atom stereocenters. The Morgan fingerprint density at radius 1 is 1.31 bits per heavy atom. The third-order valence-corrected chi connectivity index (χ3v) is 1.72. The lowest BCUT2D eigenvalue weighted by atomic mass is 9.94. The van der Waals surface area contributed by atoms with Crippen LogP contribution in [0.4, 0.5) is 8.78 Å². The van der Waals surface area contributed by atoms with Gasteiger partial charge in [-0.1, -0.05) is 0 Å². The highest BCUT2D eigenvalue weighted by atomic mass is 19.1. The zero-order valence-corrected chi connectivity index (χ0v) is 7.44. The highest BCUT2D eigenvalue weighted by Crippen LogP contribution is 2.28. The lowest BCUT2D eigenvalue weighted by Crippen LogP contribution is -2.31. The molecule has 72 valence electrons. The van der Waals surface area contributed by atoms with Gasteiger partial charge in [-0.05, 0) is 26.0 Å². The smallest absolute Gasteiger partial charge is 0.172 e. The Bertz CT molecular complexity index is 331. The molecular formula is C9H11F2NO. The van der Waals surface area contributed by atoms with Crippen molar-refractivity contribution >= 4 is 0 Å². The highest BCUT2D eigenvalue weighted by molar-refractivity contribution is 5.35. The molecule has 0 radical (unpaired) electrons. The second kappa shape index (κ2) is 2.96. The number of aromatic hydroxyl groups is 1. The van der Waals surface area contributed by atoms with Crippen LogP contribution in [0.5, 0.6) is 5.75 Å². The van der Waals surface area contributed by atoms with E-state index in [1.807, 2.05) is 0 Å². The Morgan fingerprint density at radius 3 is 2.23 bits per heavy atom. The average molecular weight is 187 g/mol. The molecule has 0 spiro atoms. The summed E-state index contributed by atoms with van der Waals surface area (Å²) >= 11 is 0. The number of phenolic OH excluding ortho intramolecular Hbond substituents is 1. The van der Waals surface area contributed by atoms with Crippen LogP contribution in [0.1, 0.15) is 19.4 Å². The van der Waals surface area contributed by atoms with E-state index in [1.54, 1.807) is 0 Å². The maximum Gasteiger partial charge on any atom is 0.172 e. The topological polar surface area (TPSA) is 46.2 Å². The zero-order chi connectivity index (χ0) is 10.2. The van der Waals surface area contributed by atoms with Crippen LogP contribution in [-0.2, 0) is 5.54 Å². The monoisotopic (exact) mass is 187 g/mol. The molecule has 0 aliphatic rings. The van der Waals surface area contributed by atoms with E-state index in [-0.39, 0.29) is 5.56 Å². The fourth-order valence-electron chi connectivity index (χ4n) is 1.13. The van der Waals surface area contributed by atoms with E-state index in [4.69, 9.17) is 10.8 Å². The number of hydrogen-bond donors (Lipinski definition) is 2. The summed E-state index contributed by atoms with van der Waals surface area (Å²) in [5.41, 5.74) is 4.09. The van der Waals surface area contributed by atoms with Gasteiger partial charge in [0, 0.05) is 11.1 Å².